The number of aliphatic carboxylic acids is 2. The molecule has 4 rings (SSSR count). The first-order chi connectivity index (χ1) is 23.6. The Bertz CT molecular complexity index is 1690. The molecule has 0 bridgehead atoms. The molecule has 0 spiro atoms. The van der Waals surface area contributed by atoms with E-state index in [1.54, 1.807) is 13.0 Å². The van der Waals surface area contributed by atoms with Crippen molar-refractivity contribution in [3.63, 3.8) is 0 Å². The first-order valence-corrected chi connectivity index (χ1v) is 15.7. The summed E-state index contributed by atoms with van der Waals surface area (Å²) >= 11 is 1.000. The zero-order chi connectivity index (χ0) is 36.9. The lowest BCUT2D eigenvalue weighted by atomic mass is 10.1. The van der Waals surface area contributed by atoms with E-state index in [4.69, 9.17) is 26.0 Å². The number of carbonyl (C=O) groups excluding carboxylic acids is 7. The molecule has 1 aromatic carbocycles. The Kier molecular flexibility index (Phi) is 11.3. The predicted molar refractivity (Wildman–Crippen MR) is 169 cm³/mol. The van der Waals surface area contributed by atoms with Crippen molar-refractivity contribution < 1.29 is 62.8 Å². The fourth-order valence-electron chi connectivity index (χ4n) is 5.39. The van der Waals surface area contributed by atoms with Gasteiger partial charge in [0.1, 0.15) is 42.6 Å². The third-order valence-corrected chi connectivity index (χ3v) is 9.31. The number of primary amides is 1. The summed E-state index contributed by atoms with van der Waals surface area (Å²) in [5.74, 6) is -6.47. The van der Waals surface area contributed by atoms with Gasteiger partial charge in [0.05, 0.1) is 31.4 Å². The van der Waals surface area contributed by atoms with Gasteiger partial charge in [0.15, 0.2) is 5.69 Å². The fourth-order valence-corrected chi connectivity index (χ4v) is 6.83. The number of fused-ring (bicyclic) bond motifs is 1. The monoisotopic (exact) mass is 721 g/mol. The minimum Gasteiger partial charge on any atom is -0.480 e. The highest BCUT2D eigenvalue weighted by Gasteiger charge is 2.52. The van der Waals surface area contributed by atoms with Crippen molar-refractivity contribution in [2.24, 2.45) is 11.5 Å². The largest absolute Gasteiger partial charge is 0.480 e. The Balaban J connectivity index is 1.42. The van der Waals surface area contributed by atoms with Crippen LogP contribution in [-0.4, -0.2) is 130 Å². The number of quaternary nitrogens is 1. The van der Waals surface area contributed by atoms with Crippen molar-refractivity contribution in [3.05, 3.63) is 35.5 Å². The number of β-lactam (4-membered cyclic amide) rings is 1. The van der Waals surface area contributed by atoms with Crippen LogP contribution in [0.4, 0.5) is 25.8 Å². The molecule has 2 unspecified atom stereocenters. The number of rotatable bonds is 12. The number of imide groups is 1. The smallest absolute Gasteiger partial charge is 0.411 e. The Labute approximate surface area is 286 Å². The number of para-hydroxylation sites is 2. The Morgan fingerprint density at radius 1 is 1.10 bits per heavy atom. The van der Waals surface area contributed by atoms with Crippen LogP contribution in [0.5, 0.6) is 0 Å². The van der Waals surface area contributed by atoms with E-state index in [-0.39, 0.29) is 43.0 Å². The van der Waals surface area contributed by atoms with Crippen LogP contribution in [0.25, 0.3) is 0 Å². The highest BCUT2D eigenvalue weighted by molar-refractivity contribution is 8.00. The van der Waals surface area contributed by atoms with Crippen LogP contribution in [0, 0.1) is 0 Å². The molecule has 50 heavy (non-hydrogen) atoms. The van der Waals surface area contributed by atoms with Crippen LogP contribution in [-0.2, 0) is 38.2 Å². The number of hydrogen-bond acceptors (Lipinski definition) is 13. The van der Waals surface area contributed by atoms with E-state index in [0.717, 1.165) is 16.7 Å². The van der Waals surface area contributed by atoms with Gasteiger partial charge in [-0.3, -0.25) is 29.4 Å². The number of anilines is 1. The van der Waals surface area contributed by atoms with Gasteiger partial charge in [-0.15, -0.1) is 11.8 Å². The normalized spacial score (nSPS) is 22.1. The van der Waals surface area contributed by atoms with Gasteiger partial charge in [-0.05, 0) is 13.0 Å². The van der Waals surface area contributed by atoms with Crippen molar-refractivity contribution >= 4 is 76.9 Å². The van der Waals surface area contributed by atoms with E-state index in [1.807, 2.05) is 0 Å². The van der Waals surface area contributed by atoms with Crippen molar-refractivity contribution in [1.29, 1.82) is 0 Å². The number of nitrogens with zero attached hydrogens (tertiary/aromatic N) is 3. The second kappa shape index (κ2) is 15.2. The third-order valence-electron chi connectivity index (χ3n) is 7.95. The van der Waals surface area contributed by atoms with E-state index in [2.05, 4.69) is 16.0 Å². The number of thioether (sulfide) groups is 1. The molecule has 0 aromatic heterocycles. The van der Waals surface area contributed by atoms with Crippen LogP contribution in [0.2, 0.25) is 0 Å². The molecule has 0 saturated carbocycles. The van der Waals surface area contributed by atoms with E-state index in [9.17, 15) is 48.3 Å². The zero-order valence-electron chi connectivity index (χ0n) is 26.3. The number of carbonyl (C=O) groups is 9. The first kappa shape index (κ1) is 37.1. The van der Waals surface area contributed by atoms with Crippen molar-refractivity contribution in [2.75, 3.05) is 44.7 Å². The highest BCUT2D eigenvalue weighted by Crippen LogP contribution is 2.43. The van der Waals surface area contributed by atoms with Crippen molar-refractivity contribution in [3.8, 4) is 0 Å². The van der Waals surface area contributed by atoms with Gasteiger partial charge in [-0.2, -0.15) is 0 Å². The zero-order valence-corrected chi connectivity index (χ0v) is 27.1. The molecule has 8 amide bonds. The number of likely N-dealkylation sites (N-methyl/N-ethyl adjacent to an activating group) is 1. The van der Waals surface area contributed by atoms with Crippen molar-refractivity contribution in [1.82, 2.24) is 24.9 Å². The number of carboxylic acid groups (broad SMARTS) is 2. The summed E-state index contributed by atoms with van der Waals surface area (Å²) in [5.41, 5.74) is 10.0. The summed E-state index contributed by atoms with van der Waals surface area (Å²) in [6.45, 7) is -0.791. The second-order valence-electron chi connectivity index (χ2n) is 10.9. The Hall–Kier alpha value is -5.74. The van der Waals surface area contributed by atoms with Crippen LogP contribution in [0.1, 0.15) is 13.3 Å². The maximum Gasteiger partial charge on any atom is 0.411 e. The molecule has 1 aromatic rings. The summed E-state index contributed by atoms with van der Waals surface area (Å²) in [4.78, 5) is 113. The highest BCUT2D eigenvalue weighted by atomic mass is 32.2. The number of carboxylic acids is 2. The van der Waals surface area contributed by atoms with E-state index < -0.39 is 101 Å². The molecule has 4 atom stereocenters. The summed E-state index contributed by atoms with van der Waals surface area (Å²) in [6.07, 6.45) is -2.30. The third kappa shape index (κ3) is 7.61. The van der Waals surface area contributed by atoms with Crippen molar-refractivity contribution in [2.45, 2.75) is 30.1 Å². The van der Waals surface area contributed by atoms with Gasteiger partial charge in [-0.1, -0.05) is 12.1 Å². The van der Waals surface area contributed by atoms with Gasteiger partial charge in [0.25, 0.3) is 0 Å². The molecule has 268 valence electrons. The van der Waals surface area contributed by atoms with E-state index in [1.165, 1.54) is 18.2 Å². The Morgan fingerprint density at radius 3 is 2.42 bits per heavy atom. The minimum atomic E-state index is -1.51. The molecule has 21 nitrogen and oxygen atoms in total. The average molecular weight is 722 g/mol. The molecular formula is C28H33N8O13S+. The van der Waals surface area contributed by atoms with E-state index >= 15 is 0 Å². The molecule has 9 N–H and O–H groups in total. The summed E-state index contributed by atoms with van der Waals surface area (Å²) in [7, 11) is 0. The molecule has 3 aliphatic heterocycles. The molecule has 0 aliphatic carbocycles. The number of amides is 8. The van der Waals surface area contributed by atoms with Gasteiger partial charge in [-0.25, -0.2) is 33.4 Å². The van der Waals surface area contributed by atoms with Crippen LogP contribution in [0.15, 0.2) is 35.5 Å². The fraction of sp³-hybridized carbons (Fsp3) is 0.393. The average Bonchev–Trinajstić information content (AvgIpc) is 3.06. The molecule has 2 fully saturated rings. The standard InChI is InChI=1S/C28H32N8O13S/c1-2-36(16-6-4-3-5-15(16)32-28(47)49-12-14(29)24(41)42)8-7-34(22(39)23(36)40)27(46)31-10-17(37)33-21-13(11-48-26(30)45)20(25(43)44)35-18(38)9-19(35)50-21/h3-6,14,19,21H,2,7-12,29H2,1H3,(H6-,30,31,32,33,37,41,42,43,44,45,46,47)/p+1/t14?,19-,21-,36?/m0/s1. The minimum absolute atomic E-state index is 0.0104. The van der Waals surface area contributed by atoms with Gasteiger partial charge in [0.2, 0.25) is 11.8 Å². The van der Waals surface area contributed by atoms with Crippen LogP contribution < -0.4 is 31.9 Å². The lowest BCUT2D eigenvalue weighted by Crippen LogP contribution is -2.69. The second-order valence-corrected chi connectivity index (χ2v) is 12.2. The lowest BCUT2D eigenvalue weighted by Gasteiger charge is -2.46. The lowest BCUT2D eigenvalue weighted by molar-refractivity contribution is -0.152. The molecule has 22 heteroatoms. The predicted octanol–water partition coefficient (Wildman–Crippen LogP) is -1.77. The van der Waals surface area contributed by atoms with Gasteiger partial charge in [0, 0.05) is 11.6 Å². The number of piperazine rings is 1. The summed E-state index contributed by atoms with van der Waals surface area (Å²) in [5, 5.41) is 24.1. The maximum absolute atomic E-state index is 13.6. The first-order valence-electron chi connectivity index (χ1n) is 14.8. The summed E-state index contributed by atoms with van der Waals surface area (Å²) in [6, 6.07) is 3.47. The molecule has 2 saturated heterocycles. The summed E-state index contributed by atoms with van der Waals surface area (Å²) < 4.78 is 8.99. The quantitative estimate of drug-likeness (QED) is 0.0714. The molecule has 3 heterocycles. The number of ether oxygens (including phenoxy) is 2. The number of nitrogens with two attached hydrogens (primary N) is 2. The number of urea groups is 1. The van der Waals surface area contributed by atoms with Crippen LogP contribution in [0.3, 0.4) is 0 Å². The number of hydrogen-bond donors (Lipinski definition) is 7. The Morgan fingerprint density at radius 2 is 1.80 bits per heavy atom. The maximum atomic E-state index is 13.6. The molecule has 0 radical (unpaired) electrons. The number of benzene rings is 1. The van der Waals surface area contributed by atoms with Crippen LogP contribution >= 0.6 is 11.8 Å². The van der Waals surface area contributed by atoms with Gasteiger partial charge < -0.3 is 41.8 Å². The molecule has 3 aliphatic rings. The van der Waals surface area contributed by atoms with Gasteiger partial charge >= 0.3 is 42.0 Å². The molecular weight excluding hydrogens is 688 g/mol. The topological polar surface area (TPSA) is 307 Å². The SMILES string of the molecule is CC[N+]1(c2ccccc2NC(=O)OCC(N)C(=O)O)CCN(C(=O)NCC(=O)N[C@H]2S[C@H]3CC(=O)N3C(C(=O)O)=C2COC(N)=O)C(=O)C1=O. The van der Waals surface area contributed by atoms with E-state index in [0.29, 0.717) is 4.90 Å². The number of nitrogens with one attached hydrogen (secondary N) is 3.